The van der Waals surface area contributed by atoms with Crippen LogP contribution in [0.15, 0.2) is 83.9 Å². The molecule has 31 heavy (non-hydrogen) atoms. The van der Waals surface area contributed by atoms with Gasteiger partial charge in [0, 0.05) is 34.9 Å². The maximum absolute atomic E-state index is 11.3. The SMILES string of the molecule is C[n+]1c(-c2cccc([N+](=O)[O-])c2)c([S-])n(-c2ccc([N+](=O)[O-])cc2)c1-c1ccccc1. The lowest BCUT2D eigenvalue weighted by Gasteiger charge is -2.09. The monoisotopic (exact) mass is 432 g/mol. The van der Waals surface area contributed by atoms with Crippen molar-refractivity contribution in [2.75, 3.05) is 0 Å². The number of non-ortho nitro benzene ring substituents is 2. The quantitative estimate of drug-likeness (QED) is 0.202. The molecule has 0 radical (unpaired) electrons. The summed E-state index contributed by atoms with van der Waals surface area (Å²) >= 11 is 5.80. The summed E-state index contributed by atoms with van der Waals surface area (Å²) < 4.78 is 3.71. The molecule has 8 nitrogen and oxygen atoms in total. The Labute approximate surface area is 182 Å². The highest BCUT2D eigenvalue weighted by molar-refractivity contribution is 7.58. The predicted molar refractivity (Wildman–Crippen MR) is 117 cm³/mol. The molecule has 0 aliphatic carbocycles. The normalized spacial score (nSPS) is 10.7. The summed E-state index contributed by atoms with van der Waals surface area (Å²) in [7, 11) is 1.84. The molecule has 9 heteroatoms. The van der Waals surface area contributed by atoms with E-state index in [1.54, 1.807) is 24.3 Å². The molecule has 0 unspecified atom stereocenters. The zero-order valence-corrected chi connectivity index (χ0v) is 17.2. The highest BCUT2D eigenvalue weighted by Gasteiger charge is 2.27. The van der Waals surface area contributed by atoms with Gasteiger partial charge < -0.3 is 12.6 Å². The maximum atomic E-state index is 11.3. The first-order valence-electron chi connectivity index (χ1n) is 9.25. The molecule has 0 saturated heterocycles. The maximum Gasteiger partial charge on any atom is 0.292 e. The minimum absolute atomic E-state index is 0.0219. The summed E-state index contributed by atoms with van der Waals surface area (Å²) in [6.45, 7) is 0. The van der Waals surface area contributed by atoms with Gasteiger partial charge in [-0.05, 0) is 24.3 Å². The zero-order valence-electron chi connectivity index (χ0n) is 16.3. The van der Waals surface area contributed by atoms with E-state index in [0.717, 1.165) is 11.4 Å². The van der Waals surface area contributed by atoms with Crippen LogP contribution in [0.2, 0.25) is 0 Å². The second kappa shape index (κ2) is 7.96. The Morgan fingerprint density at radius 3 is 2.03 bits per heavy atom. The lowest BCUT2D eigenvalue weighted by molar-refractivity contribution is -0.649. The Morgan fingerprint density at radius 2 is 1.42 bits per heavy atom. The second-order valence-electron chi connectivity index (χ2n) is 6.82. The van der Waals surface area contributed by atoms with Crippen molar-refractivity contribution >= 4 is 24.0 Å². The number of benzene rings is 3. The summed E-state index contributed by atoms with van der Waals surface area (Å²) in [5.74, 6) is 0.751. The molecular weight excluding hydrogens is 416 g/mol. The highest BCUT2D eigenvalue weighted by Crippen LogP contribution is 2.32. The van der Waals surface area contributed by atoms with Crippen LogP contribution >= 0.6 is 0 Å². The van der Waals surface area contributed by atoms with Gasteiger partial charge in [0.25, 0.3) is 17.2 Å². The smallest absolute Gasteiger partial charge is 0.292 e. The van der Waals surface area contributed by atoms with Crippen molar-refractivity contribution in [1.29, 1.82) is 0 Å². The molecule has 0 saturated carbocycles. The van der Waals surface area contributed by atoms with Gasteiger partial charge in [0.05, 0.1) is 22.5 Å². The molecule has 0 N–H and O–H groups in total. The van der Waals surface area contributed by atoms with E-state index in [1.165, 1.54) is 24.3 Å². The molecular formula is C22H16N4O4S. The van der Waals surface area contributed by atoms with E-state index in [1.807, 2.05) is 46.5 Å². The van der Waals surface area contributed by atoms with Crippen LogP contribution in [0.5, 0.6) is 0 Å². The van der Waals surface area contributed by atoms with Gasteiger partial charge in [0.2, 0.25) is 0 Å². The largest absolute Gasteiger partial charge is 0.733 e. The van der Waals surface area contributed by atoms with Gasteiger partial charge in [-0.1, -0.05) is 30.3 Å². The first-order chi connectivity index (χ1) is 14.9. The molecule has 0 amide bonds. The van der Waals surface area contributed by atoms with Crippen molar-refractivity contribution in [2.45, 2.75) is 5.03 Å². The highest BCUT2D eigenvalue weighted by atomic mass is 32.1. The van der Waals surface area contributed by atoms with Gasteiger partial charge in [-0.25, -0.2) is 9.13 Å². The van der Waals surface area contributed by atoms with Gasteiger partial charge in [-0.2, -0.15) is 0 Å². The van der Waals surface area contributed by atoms with E-state index in [0.29, 0.717) is 22.0 Å². The van der Waals surface area contributed by atoms with Crippen molar-refractivity contribution < 1.29 is 14.4 Å². The molecule has 154 valence electrons. The van der Waals surface area contributed by atoms with Gasteiger partial charge in [-0.15, -0.1) is 0 Å². The number of aromatic nitrogens is 2. The second-order valence-corrected chi connectivity index (χ2v) is 7.21. The fourth-order valence-electron chi connectivity index (χ4n) is 3.56. The summed E-state index contributed by atoms with van der Waals surface area (Å²) in [5, 5.41) is 22.8. The van der Waals surface area contributed by atoms with Crippen LogP contribution in [-0.2, 0) is 19.7 Å². The average Bonchev–Trinajstić information content (AvgIpc) is 3.04. The third-order valence-corrected chi connectivity index (χ3v) is 5.33. The topological polar surface area (TPSA) is 95.1 Å². The summed E-state index contributed by atoms with van der Waals surface area (Å²) in [4.78, 5) is 21.4. The number of nitro groups is 2. The Balaban J connectivity index is 2.00. The Bertz CT molecular complexity index is 1300. The number of nitro benzene ring substituents is 2. The van der Waals surface area contributed by atoms with Gasteiger partial charge in [0.15, 0.2) is 5.69 Å². The lowest BCUT2D eigenvalue weighted by Crippen LogP contribution is -2.32. The third kappa shape index (κ3) is 3.62. The molecule has 0 atom stereocenters. The van der Waals surface area contributed by atoms with Crippen LogP contribution in [0.1, 0.15) is 0 Å². The van der Waals surface area contributed by atoms with Crippen LogP contribution < -0.4 is 4.57 Å². The summed E-state index contributed by atoms with van der Waals surface area (Å²) in [6.07, 6.45) is 0. The first-order valence-corrected chi connectivity index (χ1v) is 9.66. The van der Waals surface area contributed by atoms with Crippen molar-refractivity contribution in [2.24, 2.45) is 7.05 Å². The fraction of sp³-hybridized carbons (Fsp3) is 0.0455. The molecule has 1 heterocycles. The minimum Gasteiger partial charge on any atom is -0.733 e. The molecule has 0 spiro atoms. The lowest BCUT2D eigenvalue weighted by atomic mass is 10.1. The third-order valence-electron chi connectivity index (χ3n) is 4.95. The van der Waals surface area contributed by atoms with E-state index in [4.69, 9.17) is 12.6 Å². The van der Waals surface area contributed by atoms with E-state index in [2.05, 4.69) is 0 Å². The van der Waals surface area contributed by atoms with Crippen molar-refractivity contribution in [1.82, 2.24) is 4.57 Å². The molecule has 0 aliphatic rings. The van der Waals surface area contributed by atoms with E-state index in [-0.39, 0.29) is 11.4 Å². The number of hydrogen-bond acceptors (Lipinski definition) is 5. The van der Waals surface area contributed by atoms with Gasteiger partial charge in [0.1, 0.15) is 5.69 Å². The summed E-state index contributed by atoms with van der Waals surface area (Å²) in [6, 6.07) is 22.0. The van der Waals surface area contributed by atoms with Crippen LogP contribution in [0.4, 0.5) is 11.4 Å². The average molecular weight is 432 g/mol. The first kappa shape index (κ1) is 20.2. The predicted octanol–water partition coefficient (Wildman–Crippen LogP) is 4.36. The number of imidazole rings is 1. The van der Waals surface area contributed by atoms with Gasteiger partial charge in [-0.3, -0.25) is 20.2 Å². The Kier molecular flexibility index (Phi) is 5.18. The molecule has 0 bridgehead atoms. The zero-order chi connectivity index (χ0) is 22.1. The number of nitrogens with zero attached hydrogens (tertiary/aromatic N) is 4. The summed E-state index contributed by atoms with van der Waals surface area (Å²) in [5.41, 5.74) is 2.73. The van der Waals surface area contributed by atoms with Crippen LogP contribution in [0.3, 0.4) is 0 Å². The minimum atomic E-state index is -0.458. The Hall–Kier alpha value is -4.11. The molecule has 0 fully saturated rings. The number of rotatable bonds is 5. The van der Waals surface area contributed by atoms with Crippen molar-refractivity contribution in [3.63, 3.8) is 0 Å². The molecule has 4 rings (SSSR count). The van der Waals surface area contributed by atoms with E-state index in [9.17, 15) is 20.2 Å². The van der Waals surface area contributed by atoms with Crippen LogP contribution in [-0.4, -0.2) is 14.4 Å². The van der Waals surface area contributed by atoms with Gasteiger partial charge >= 0.3 is 0 Å². The van der Waals surface area contributed by atoms with Crippen molar-refractivity contribution in [3.8, 4) is 28.3 Å². The van der Waals surface area contributed by atoms with Crippen molar-refractivity contribution in [3.05, 3.63) is 99.1 Å². The molecule has 4 aromatic rings. The Morgan fingerprint density at radius 1 is 0.806 bits per heavy atom. The van der Waals surface area contributed by atoms with Crippen LogP contribution in [0, 0.1) is 20.2 Å². The molecule has 1 aromatic heterocycles. The molecule has 3 aromatic carbocycles. The van der Waals surface area contributed by atoms with E-state index >= 15 is 0 Å². The molecule has 0 aliphatic heterocycles. The number of hydrogen-bond donors (Lipinski definition) is 0. The van der Waals surface area contributed by atoms with E-state index < -0.39 is 9.85 Å². The fourth-order valence-corrected chi connectivity index (χ4v) is 4.00. The standard InChI is InChI=1S/C22H16N4O4S/c1-23-20(16-8-5-9-19(14-16)26(29)30)22(31)24(21(23)15-6-3-2-4-7-15)17-10-12-18(13-11-17)25(27)28/h2-14H,1H3. The van der Waals surface area contributed by atoms with Crippen LogP contribution in [0.25, 0.3) is 28.3 Å².